The smallest absolute Gasteiger partial charge is 0.0538 e. The van der Waals surface area contributed by atoms with Gasteiger partial charge in [-0.05, 0) is 11.5 Å². The SMILES string of the molecule is CCC1COCC1c1ccccc1. The van der Waals surface area contributed by atoms with E-state index in [0.29, 0.717) is 5.92 Å². The lowest BCUT2D eigenvalue weighted by Gasteiger charge is -2.15. The molecule has 0 N–H and O–H groups in total. The van der Waals surface area contributed by atoms with Crippen LogP contribution in [0, 0.1) is 5.92 Å². The van der Waals surface area contributed by atoms with Gasteiger partial charge in [0.15, 0.2) is 0 Å². The van der Waals surface area contributed by atoms with Crippen LogP contribution >= 0.6 is 0 Å². The molecule has 2 rings (SSSR count). The van der Waals surface area contributed by atoms with Crippen LogP contribution in [0.2, 0.25) is 0 Å². The summed E-state index contributed by atoms with van der Waals surface area (Å²) in [6, 6.07) is 10.7. The Labute approximate surface area is 79.7 Å². The number of hydrogen-bond acceptors (Lipinski definition) is 1. The van der Waals surface area contributed by atoms with Gasteiger partial charge in [-0.25, -0.2) is 0 Å². The van der Waals surface area contributed by atoms with Crippen molar-refractivity contribution >= 4 is 0 Å². The van der Waals surface area contributed by atoms with Crippen molar-refractivity contribution in [2.75, 3.05) is 13.2 Å². The highest BCUT2D eigenvalue weighted by atomic mass is 16.5. The molecular weight excluding hydrogens is 160 g/mol. The summed E-state index contributed by atoms with van der Waals surface area (Å²) >= 11 is 0. The third kappa shape index (κ3) is 1.75. The Morgan fingerprint density at radius 2 is 2.00 bits per heavy atom. The first-order valence-electron chi connectivity index (χ1n) is 5.04. The van der Waals surface area contributed by atoms with E-state index in [1.165, 1.54) is 12.0 Å². The summed E-state index contributed by atoms with van der Waals surface area (Å²) in [6.07, 6.45) is 1.22. The molecule has 1 aliphatic heterocycles. The zero-order valence-corrected chi connectivity index (χ0v) is 8.07. The Bertz CT molecular complexity index is 255. The van der Waals surface area contributed by atoms with Crippen LogP contribution in [0.5, 0.6) is 0 Å². The maximum Gasteiger partial charge on any atom is 0.0538 e. The lowest BCUT2D eigenvalue weighted by Crippen LogP contribution is -2.08. The molecule has 1 aromatic rings. The van der Waals surface area contributed by atoms with Crippen molar-refractivity contribution in [3.8, 4) is 0 Å². The zero-order chi connectivity index (χ0) is 9.10. The van der Waals surface area contributed by atoms with Crippen LogP contribution in [0.4, 0.5) is 0 Å². The van der Waals surface area contributed by atoms with E-state index in [0.717, 1.165) is 19.1 Å². The van der Waals surface area contributed by atoms with Crippen LogP contribution in [-0.4, -0.2) is 13.2 Å². The minimum absolute atomic E-state index is 0.631. The third-order valence-electron chi connectivity index (χ3n) is 2.95. The summed E-state index contributed by atoms with van der Waals surface area (Å²) < 4.78 is 5.52. The normalized spacial score (nSPS) is 27.8. The Morgan fingerprint density at radius 3 is 2.69 bits per heavy atom. The van der Waals surface area contributed by atoms with Gasteiger partial charge in [-0.2, -0.15) is 0 Å². The molecular formula is C12H16O. The van der Waals surface area contributed by atoms with Crippen molar-refractivity contribution in [2.45, 2.75) is 19.3 Å². The molecule has 2 atom stereocenters. The molecule has 1 heterocycles. The first kappa shape index (κ1) is 8.76. The Morgan fingerprint density at radius 1 is 1.23 bits per heavy atom. The van der Waals surface area contributed by atoms with Crippen molar-refractivity contribution in [1.29, 1.82) is 0 Å². The summed E-state index contributed by atoms with van der Waals surface area (Å²) in [4.78, 5) is 0. The van der Waals surface area contributed by atoms with E-state index in [-0.39, 0.29) is 0 Å². The summed E-state index contributed by atoms with van der Waals surface area (Å²) in [5.74, 6) is 1.36. The minimum atomic E-state index is 0.631. The summed E-state index contributed by atoms with van der Waals surface area (Å²) in [5, 5.41) is 0. The summed E-state index contributed by atoms with van der Waals surface area (Å²) in [7, 11) is 0. The van der Waals surface area contributed by atoms with Crippen molar-refractivity contribution in [3.05, 3.63) is 35.9 Å². The molecule has 1 saturated heterocycles. The van der Waals surface area contributed by atoms with Crippen molar-refractivity contribution in [3.63, 3.8) is 0 Å². The van der Waals surface area contributed by atoms with Gasteiger partial charge in [-0.3, -0.25) is 0 Å². The molecule has 0 spiro atoms. The van der Waals surface area contributed by atoms with E-state index >= 15 is 0 Å². The summed E-state index contributed by atoms with van der Waals surface area (Å²) in [5.41, 5.74) is 1.44. The van der Waals surface area contributed by atoms with E-state index in [9.17, 15) is 0 Å². The third-order valence-corrected chi connectivity index (χ3v) is 2.95. The fourth-order valence-corrected chi connectivity index (χ4v) is 2.07. The van der Waals surface area contributed by atoms with Gasteiger partial charge < -0.3 is 4.74 Å². The number of benzene rings is 1. The molecule has 1 aliphatic rings. The van der Waals surface area contributed by atoms with Gasteiger partial charge in [0.2, 0.25) is 0 Å². The Hall–Kier alpha value is -0.820. The fourth-order valence-electron chi connectivity index (χ4n) is 2.07. The molecule has 1 heteroatoms. The maximum atomic E-state index is 5.52. The standard InChI is InChI=1S/C12H16O/c1-2-10-8-13-9-12(10)11-6-4-3-5-7-11/h3-7,10,12H,2,8-9H2,1H3. The topological polar surface area (TPSA) is 9.23 Å². The Kier molecular flexibility index (Phi) is 2.65. The van der Waals surface area contributed by atoms with Crippen LogP contribution in [0.3, 0.4) is 0 Å². The lowest BCUT2D eigenvalue weighted by molar-refractivity contribution is 0.183. The van der Waals surface area contributed by atoms with Crippen LogP contribution in [0.25, 0.3) is 0 Å². The van der Waals surface area contributed by atoms with E-state index in [4.69, 9.17) is 4.74 Å². The molecule has 1 fully saturated rings. The first-order chi connectivity index (χ1) is 6.42. The lowest BCUT2D eigenvalue weighted by atomic mass is 9.87. The number of hydrogen-bond donors (Lipinski definition) is 0. The average Bonchev–Trinajstić information content (AvgIpc) is 2.67. The fraction of sp³-hybridized carbons (Fsp3) is 0.500. The monoisotopic (exact) mass is 176 g/mol. The molecule has 70 valence electrons. The first-order valence-corrected chi connectivity index (χ1v) is 5.04. The molecule has 0 amide bonds. The van der Waals surface area contributed by atoms with E-state index in [1.54, 1.807) is 0 Å². The molecule has 2 unspecified atom stereocenters. The van der Waals surface area contributed by atoms with Crippen molar-refractivity contribution in [2.24, 2.45) is 5.92 Å². The zero-order valence-electron chi connectivity index (χ0n) is 8.07. The second-order valence-electron chi connectivity index (χ2n) is 3.72. The van der Waals surface area contributed by atoms with E-state index in [1.807, 2.05) is 0 Å². The Balaban J connectivity index is 2.16. The molecule has 13 heavy (non-hydrogen) atoms. The molecule has 0 radical (unpaired) electrons. The van der Waals surface area contributed by atoms with Crippen LogP contribution in [-0.2, 0) is 4.74 Å². The van der Waals surface area contributed by atoms with Crippen LogP contribution in [0.15, 0.2) is 30.3 Å². The second kappa shape index (κ2) is 3.93. The van der Waals surface area contributed by atoms with Gasteiger partial charge in [0.25, 0.3) is 0 Å². The molecule has 1 nitrogen and oxygen atoms in total. The molecule has 0 aromatic heterocycles. The van der Waals surface area contributed by atoms with Crippen molar-refractivity contribution in [1.82, 2.24) is 0 Å². The molecule has 1 aromatic carbocycles. The highest BCUT2D eigenvalue weighted by Gasteiger charge is 2.27. The van der Waals surface area contributed by atoms with E-state index in [2.05, 4.69) is 37.3 Å². The highest BCUT2D eigenvalue weighted by molar-refractivity contribution is 5.21. The predicted octanol–water partition coefficient (Wildman–Crippen LogP) is 2.83. The number of ether oxygens (including phenoxy) is 1. The van der Waals surface area contributed by atoms with Gasteiger partial charge in [0.05, 0.1) is 13.2 Å². The van der Waals surface area contributed by atoms with Gasteiger partial charge in [-0.15, -0.1) is 0 Å². The summed E-state index contributed by atoms with van der Waals surface area (Å²) in [6.45, 7) is 4.09. The molecule has 0 bridgehead atoms. The van der Waals surface area contributed by atoms with Crippen LogP contribution in [0.1, 0.15) is 24.8 Å². The second-order valence-corrected chi connectivity index (χ2v) is 3.72. The average molecular weight is 176 g/mol. The number of rotatable bonds is 2. The quantitative estimate of drug-likeness (QED) is 0.673. The largest absolute Gasteiger partial charge is 0.380 e. The van der Waals surface area contributed by atoms with Gasteiger partial charge in [-0.1, -0.05) is 43.7 Å². The molecule has 0 aliphatic carbocycles. The van der Waals surface area contributed by atoms with Crippen molar-refractivity contribution < 1.29 is 4.74 Å². The van der Waals surface area contributed by atoms with E-state index < -0.39 is 0 Å². The van der Waals surface area contributed by atoms with Gasteiger partial charge >= 0.3 is 0 Å². The van der Waals surface area contributed by atoms with Gasteiger partial charge in [0, 0.05) is 5.92 Å². The predicted molar refractivity (Wildman–Crippen MR) is 53.8 cm³/mol. The highest BCUT2D eigenvalue weighted by Crippen LogP contribution is 2.32. The maximum absolute atomic E-state index is 5.52. The van der Waals surface area contributed by atoms with Crippen LogP contribution < -0.4 is 0 Å². The molecule has 0 saturated carbocycles. The minimum Gasteiger partial charge on any atom is -0.380 e. The van der Waals surface area contributed by atoms with Gasteiger partial charge in [0.1, 0.15) is 0 Å².